The average Bonchev–Trinajstić information content (AvgIpc) is 2.81. The molecule has 0 fully saturated rings. The van der Waals surface area contributed by atoms with E-state index in [2.05, 4.69) is 5.10 Å². The van der Waals surface area contributed by atoms with Gasteiger partial charge < -0.3 is 9.64 Å². The molecule has 0 bridgehead atoms. The standard InChI is InChI=1S/C15H21N3O3/c1-5-18-13-11(12(16-18)15(20)21-6-2)8-7-10(14(13)19)9-17(3)4/h9H,5-8H2,1-4H3. The summed E-state index contributed by atoms with van der Waals surface area (Å²) in [4.78, 5) is 26.5. The molecule has 114 valence electrons. The van der Waals surface area contributed by atoms with Gasteiger partial charge in [-0.25, -0.2) is 4.79 Å². The van der Waals surface area contributed by atoms with E-state index in [-0.39, 0.29) is 11.5 Å². The number of carbonyl (C=O) groups is 2. The Labute approximate surface area is 124 Å². The Bertz CT molecular complexity index is 600. The van der Waals surface area contributed by atoms with Crippen LogP contribution in [0.25, 0.3) is 0 Å². The summed E-state index contributed by atoms with van der Waals surface area (Å²) in [5, 5.41) is 4.27. The van der Waals surface area contributed by atoms with Gasteiger partial charge >= 0.3 is 5.97 Å². The van der Waals surface area contributed by atoms with Gasteiger partial charge in [0, 0.05) is 38.0 Å². The Kier molecular flexibility index (Phi) is 4.45. The van der Waals surface area contributed by atoms with Crippen LogP contribution < -0.4 is 0 Å². The van der Waals surface area contributed by atoms with Crippen molar-refractivity contribution < 1.29 is 14.3 Å². The van der Waals surface area contributed by atoms with Crippen LogP contribution in [-0.4, -0.2) is 47.1 Å². The molecule has 0 atom stereocenters. The van der Waals surface area contributed by atoms with Crippen molar-refractivity contribution >= 4 is 11.8 Å². The van der Waals surface area contributed by atoms with E-state index in [4.69, 9.17) is 4.74 Å². The maximum absolute atomic E-state index is 12.6. The Morgan fingerprint density at radius 3 is 2.67 bits per heavy atom. The molecule has 2 rings (SSSR count). The predicted molar refractivity (Wildman–Crippen MR) is 78.3 cm³/mol. The number of carbonyl (C=O) groups excluding carboxylic acids is 2. The Hall–Kier alpha value is -2.11. The molecule has 0 aromatic carbocycles. The minimum atomic E-state index is -0.450. The SMILES string of the molecule is CCOC(=O)c1nn(CC)c2c1CCC(=CN(C)C)C2=O. The fraction of sp³-hybridized carbons (Fsp3) is 0.533. The van der Waals surface area contributed by atoms with Crippen molar-refractivity contribution in [1.82, 2.24) is 14.7 Å². The topological polar surface area (TPSA) is 64.4 Å². The molecule has 0 unspecified atom stereocenters. The summed E-state index contributed by atoms with van der Waals surface area (Å²) in [6.45, 7) is 4.50. The number of Topliss-reactive ketones (excluding diaryl/α,β-unsaturated/α-hetero) is 1. The largest absolute Gasteiger partial charge is 0.461 e. The van der Waals surface area contributed by atoms with Crippen LogP contribution in [0.15, 0.2) is 11.8 Å². The number of fused-ring (bicyclic) bond motifs is 1. The summed E-state index contributed by atoms with van der Waals surface area (Å²) in [5.74, 6) is -0.497. The Balaban J connectivity index is 2.48. The van der Waals surface area contributed by atoms with Crippen molar-refractivity contribution in [3.8, 4) is 0 Å². The van der Waals surface area contributed by atoms with E-state index in [1.54, 1.807) is 11.6 Å². The highest BCUT2D eigenvalue weighted by Crippen LogP contribution is 2.28. The third-order valence-electron chi connectivity index (χ3n) is 3.38. The molecule has 1 aromatic heterocycles. The van der Waals surface area contributed by atoms with Gasteiger partial charge in [-0.15, -0.1) is 0 Å². The highest BCUT2D eigenvalue weighted by Gasteiger charge is 2.32. The van der Waals surface area contributed by atoms with Gasteiger partial charge in [-0.05, 0) is 26.7 Å². The molecule has 1 aliphatic rings. The fourth-order valence-electron chi connectivity index (χ4n) is 2.54. The van der Waals surface area contributed by atoms with Crippen LogP contribution >= 0.6 is 0 Å². The summed E-state index contributed by atoms with van der Waals surface area (Å²) in [6, 6.07) is 0. The van der Waals surface area contributed by atoms with Crippen molar-refractivity contribution in [2.45, 2.75) is 33.2 Å². The van der Waals surface area contributed by atoms with Gasteiger partial charge in [-0.2, -0.15) is 5.10 Å². The molecule has 6 heteroatoms. The van der Waals surface area contributed by atoms with Crippen LogP contribution in [0.3, 0.4) is 0 Å². The quantitative estimate of drug-likeness (QED) is 0.623. The van der Waals surface area contributed by atoms with E-state index in [9.17, 15) is 9.59 Å². The first-order valence-corrected chi connectivity index (χ1v) is 7.18. The predicted octanol–water partition coefficient (Wildman–Crippen LogP) is 1.65. The van der Waals surface area contributed by atoms with Crippen LogP contribution in [0.2, 0.25) is 0 Å². The molecule has 0 amide bonds. The zero-order chi connectivity index (χ0) is 15.6. The first kappa shape index (κ1) is 15.3. The summed E-state index contributed by atoms with van der Waals surface area (Å²) in [6.07, 6.45) is 3.09. The zero-order valence-electron chi connectivity index (χ0n) is 13.0. The van der Waals surface area contributed by atoms with Gasteiger partial charge in [0.15, 0.2) is 5.69 Å². The molecule has 0 radical (unpaired) electrons. The second kappa shape index (κ2) is 6.11. The first-order valence-electron chi connectivity index (χ1n) is 7.18. The molecule has 0 N–H and O–H groups in total. The van der Waals surface area contributed by atoms with Gasteiger partial charge in [0.25, 0.3) is 0 Å². The maximum Gasteiger partial charge on any atom is 0.359 e. The average molecular weight is 291 g/mol. The van der Waals surface area contributed by atoms with Gasteiger partial charge in [0.05, 0.1) is 6.61 Å². The lowest BCUT2D eigenvalue weighted by molar-refractivity contribution is 0.0517. The van der Waals surface area contributed by atoms with Crippen LogP contribution in [0.1, 0.15) is 46.8 Å². The number of nitrogens with zero attached hydrogens (tertiary/aromatic N) is 3. The zero-order valence-corrected chi connectivity index (χ0v) is 13.0. The molecule has 21 heavy (non-hydrogen) atoms. The second-order valence-corrected chi connectivity index (χ2v) is 5.16. The number of aryl methyl sites for hydroxylation is 1. The van der Waals surface area contributed by atoms with Crippen molar-refractivity contribution in [2.24, 2.45) is 0 Å². The molecular weight excluding hydrogens is 270 g/mol. The number of esters is 1. The number of rotatable bonds is 4. The van der Waals surface area contributed by atoms with Crippen LogP contribution in [0.4, 0.5) is 0 Å². The number of ether oxygens (including phenoxy) is 1. The van der Waals surface area contributed by atoms with Crippen molar-refractivity contribution in [3.63, 3.8) is 0 Å². The minimum Gasteiger partial charge on any atom is -0.461 e. The highest BCUT2D eigenvalue weighted by molar-refractivity contribution is 6.11. The number of hydrogen-bond donors (Lipinski definition) is 0. The van der Waals surface area contributed by atoms with Crippen molar-refractivity contribution in [1.29, 1.82) is 0 Å². The Morgan fingerprint density at radius 1 is 1.38 bits per heavy atom. The number of allylic oxidation sites excluding steroid dienone is 1. The number of hydrogen-bond acceptors (Lipinski definition) is 5. The lowest BCUT2D eigenvalue weighted by atomic mass is 9.90. The summed E-state index contributed by atoms with van der Waals surface area (Å²) in [7, 11) is 3.77. The summed E-state index contributed by atoms with van der Waals surface area (Å²) in [5.41, 5.74) is 2.28. The molecule has 1 aliphatic carbocycles. The van der Waals surface area contributed by atoms with Crippen LogP contribution in [0, 0.1) is 0 Å². The smallest absolute Gasteiger partial charge is 0.359 e. The molecule has 1 aromatic rings. The van der Waals surface area contributed by atoms with Gasteiger partial charge in [-0.3, -0.25) is 9.48 Å². The molecule has 6 nitrogen and oxygen atoms in total. The van der Waals surface area contributed by atoms with Gasteiger partial charge in [0.1, 0.15) is 5.69 Å². The third kappa shape index (κ3) is 2.84. The van der Waals surface area contributed by atoms with Gasteiger partial charge in [-0.1, -0.05) is 0 Å². The molecular formula is C15H21N3O3. The van der Waals surface area contributed by atoms with Gasteiger partial charge in [0.2, 0.25) is 5.78 Å². The fourth-order valence-corrected chi connectivity index (χ4v) is 2.54. The third-order valence-corrected chi connectivity index (χ3v) is 3.38. The van der Waals surface area contributed by atoms with E-state index in [0.717, 1.165) is 11.1 Å². The van der Waals surface area contributed by atoms with Crippen molar-refractivity contribution in [3.05, 3.63) is 28.7 Å². The first-order chi connectivity index (χ1) is 9.99. The lowest BCUT2D eigenvalue weighted by Crippen LogP contribution is -2.20. The number of ketones is 1. The molecule has 0 saturated carbocycles. The molecule has 1 heterocycles. The van der Waals surface area contributed by atoms with E-state index in [1.807, 2.05) is 32.1 Å². The second-order valence-electron chi connectivity index (χ2n) is 5.16. The van der Waals surface area contributed by atoms with Crippen LogP contribution in [0.5, 0.6) is 0 Å². The molecule has 0 aliphatic heterocycles. The van der Waals surface area contributed by atoms with E-state index in [0.29, 0.717) is 31.7 Å². The van der Waals surface area contributed by atoms with E-state index >= 15 is 0 Å². The van der Waals surface area contributed by atoms with Crippen molar-refractivity contribution in [2.75, 3.05) is 20.7 Å². The Morgan fingerprint density at radius 2 is 2.10 bits per heavy atom. The maximum atomic E-state index is 12.6. The molecule has 0 spiro atoms. The van der Waals surface area contributed by atoms with E-state index in [1.165, 1.54) is 0 Å². The minimum absolute atomic E-state index is 0.0464. The van der Waals surface area contributed by atoms with Crippen LogP contribution in [-0.2, 0) is 17.7 Å². The lowest BCUT2D eigenvalue weighted by Gasteiger charge is -2.17. The summed E-state index contributed by atoms with van der Waals surface area (Å²) < 4.78 is 6.63. The summed E-state index contributed by atoms with van der Waals surface area (Å²) >= 11 is 0. The number of aromatic nitrogens is 2. The van der Waals surface area contributed by atoms with E-state index < -0.39 is 5.97 Å². The highest BCUT2D eigenvalue weighted by atomic mass is 16.5. The monoisotopic (exact) mass is 291 g/mol. The normalized spacial score (nSPS) is 16.0. The molecule has 0 saturated heterocycles.